The molecule has 6 nitrogen and oxygen atoms in total. The molecule has 6 rings (SSSR count). The molecule has 0 radical (unpaired) electrons. The van der Waals surface area contributed by atoms with Gasteiger partial charge < -0.3 is 15.8 Å². The Morgan fingerprint density at radius 3 is 1.73 bits per heavy atom. The van der Waals surface area contributed by atoms with Crippen LogP contribution in [-0.2, 0) is 15.1 Å². The lowest BCUT2D eigenvalue weighted by molar-refractivity contribution is -0.120. The van der Waals surface area contributed by atoms with Crippen molar-refractivity contribution in [1.29, 1.82) is 0 Å². The van der Waals surface area contributed by atoms with Crippen molar-refractivity contribution in [2.75, 3.05) is 13.2 Å². The number of alkyl carbamates (subject to hydrolysis) is 1. The molecule has 226 valence electrons. The van der Waals surface area contributed by atoms with E-state index < -0.39 is 23.6 Å². The van der Waals surface area contributed by atoms with E-state index in [1.54, 1.807) is 0 Å². The molecule has 2 amide bonds. The van der Waals surface area contributed by atoms with Crippen LogP contribution < -0.4 is 16.4 Å². The van der Waals surface area contributed by atoms with Crippen molar-refractivity contribution in [3.8, 4) is 11.1 Å². The Kier molecular flexibility index (Phi) is 8.76. The summed E-state index contributed by atoms with van der Waals surface area (Å²) >= 11 is 0. The van der Waals surface area contributed by atoms with Crippen molar-refractivity contribution in [3.05, 3.63) is 167 Å². The highest BCUT2D eigenvalue weighted by Gasteiger charge is 2.36. The predicted molar refractivity (Wildman–Crippen MR) is 178 cm³/mol. The number of primary amides is 1. The molecular formula is C39H37N3O3. The number of fused-ring (bicyclic) bond motifs is 3. The zero-order valence-corrected chi connectivity index (χ0v) is 25.3. The molecule has 1 aliphatic rings. The lowest BCUT2D eigenvalue weighted by Gasteiger charge is -2.37. The monoisotopic (exact) mass is 595 g/mol. The van der Waals surface area contributed by atoms with E-state index in [1.807, 2.05) is 60.7 Å². The molecule has 0 unspecified atom stereocenters. The highest BCUT2D eigenvalue weighted by Crippen LogP contribution is 2.44. The van der Waals surface area contributed by atoms with Gasteiger partial charge in [-0.3, -0.25) is 10.1 Å². The van der Waals surface area contributed by atoms with Gasteiger partial charge in [-0.25, -0.2) is 4.79 Å². The first-order valence-electron chi connectivity index (χ1n) is 15.3. The van der Waals surface area contributed by atoms with Gasteiger partial charge in [0.2, 0.25) is 5.91 Å². The summed E-state index contributed by atoms with van der Waals surface area (Å²) in [6.07, 6.45) is -0.399. The molecule has 0 saturated heterocycles. The van der Waals surface area contributed by atoms with E-state index in [9.17, 15) is 9.59 Å². The molecule has 45 heavy (non-hydrogen) atoms. The first-order chi connectivity index (χ1) is 22.0. The molecule has 4 N–H and O–H groups in total. The third-order valence-electron chi connectivity index (χ3n) is 8.70. The lowest BCUT2D eigenvalue weighted by atomic mass is 9.76. The zero-order valence-electron chi connectivity index (χ0n) is 25.3. The van der Waals surface area contributed by atoms with Crippen LogP contribution in [0.4, 0.5) is 4.79 Å². The Balaban J connectivity index is 1.18. The van der Waals surface area contributed by atoms with Crippen molar-refractivity contribution in [1.82, 2.24) is 10.6 Å². The van der Waals surface area contributed by atoms with E-state index in [1.165, 1.54) is 0 Å². The molecular weight excluding hydrogens is 558 g/mol. The second kappa shape index (κ2) is 13.2. The molecule has 6 heteroatoms. The van der Waals surface area contributed by atoms with Crippen LogP contribution in [0.15, 0.2) is 133 Å². The Morgan fingerprint density at radius 1 is 0.711 bits per heavy atom. The van der Waals surface area contributed by atoms with Crippen LogP contribution in [0.5, 0.6) is 0 Å². The average Bonchev–Trinajstić information content (AvgIpc) is 3.40. The fraction of sp³-hybridized carbons (Fsp3) is 0.179. The van der Waals surface area contributed by atoms with Crippen molar-refractivity contribution >= 4 is 12.0 Å². The summed E-state index contributed by atoms with van der Waals surface area (Å²) in [5.41, 5.74) is 14.0. The fourth-order valence-corrected chi connectivity index (χ4v) is 6.46. The van der Waals surface area contributed by atoms with E-state index in [0.717, 1.165) is 44.5 Å². The number of aryl methyl sites for hydroxylation is 1. The van der Waals surface area contributed by atoms with Crippen molar-refractivity contribution in [3.63, 3.8) is 0 Å². The van der Waals surface area contributed by atoms with E-state index in [4.69, 9.17) is 10.5 Å². The largest absolute Gasteiger partial charge is 0.449 e. The molecule has 5 aromatic carbocycles. The molecule has 0 heterocycles. The van der Waals surface area contributed by atoms with Crippen LogP contribution in [0.1, 0.15) is 45.7 Å². The minimum absolute atomic E-state index is 0.0799. The first-order valence-corrected chi connectivity index (χ1v) is 15.3. The molecule has 0 aromatic heterocycles. The molecule has 1 aliphatic carbocycles. The molecule has 0 spiro atoms. The lowest BCUT2D eigenvalue weighted by Crippen LogP contribution is -2.49. The van der Waals surface area contributed by atoms with Gasteiger partial charge in [0.15, 0.2) is 0 Å². The number of carbonyl (C=O) groups is 2. The molecule has 0 aliphatic heterocycles. The summed E-state index contributed by atoms with van der Waals surface area (Å²) in [5, 5.41) is 6.48. The maximum absolute atomic E-state index is 13.0. The molecule has 0 bridgehead atoms. The molecule has 0 saturated carbocycles. The summed E-state index contributed by atoms with van der Waals surface area (Å²) in [7, 11) is 0. The number of hydrogen-bond donors (Lipinski definition) is 3. The van der Waals surface area contributed by atoms with Crippen LogP contribution in [0.2, 0.25) is 0 Å². The third kappa shape index (κ3) is 6.10. The Labute approximate surface area is 264 Å². The van der Waals surface area contributed by atoms with Crippen LogP contribution in [-0.4, -0.2) is 31.2 Å². The second-order valence-corrected chi connectivity index (χ2v) is 11.5. The predicted octanol–water partition coefficient (Wildman–Crippen LogP) is 6.66. The summed E-state index contributed by atoms with van der Waals surface area (Å²) in [6.45, 7) is 2.60. The van der Waals surface area contributed by atoms with Gasteiger partial charge in [-0.05, 0) is 58.8 Å². The first kappa shape index (κ1) is 29.9. The highest BCUT2D eigenvalue weighted by molar-refractivity contribution is 5.84. The quantitative estimate of drug-likeness (QED) is 0.149. The van der Waals surface area contributed by atoms with Crippen molar-refractivity contribution in [2.45, 2.75) is 30.8 Å². The third-order valence-corrected chi connectivity index (χ3v) is 8.70. The number of nitrogens with two attached hydrogens (primary N) is 1. The van der Waals surface area contributed by atoms with Crippen molar-refractivity contribution in [2.24, 2.45) is 5.73 Å². The maximum atomic E-state index is 13.0. The van der Waals surface area contributed by atoms with E-state index in [2.05, 4.69) is 90.4 Å². The van der Waals surface area contributed by atoms with E-state index in [0.29, 0.717) is 6.54 Å². The standard InChI is InChI=1S/C39H37N3O3/c1-27-20-22-30(23-21-27)39(28-12-4-2-5-13-28,29-14-6-3-7-15-29)41-25-24-36(37(40)43)42-38(44)45-26-35-33-18-10-8-16-31(33)32-17-9-11-19-34(32)35/h2-23,35-36,41H,24-26H2,1H3,(H2,40,43)(H,42,44)/t36-/m0/s1. The van der Waals surface area contributed by atoms with Crippen molar-refractivity contribution < 1.29 is 14.3 Å². The number of ether oxygens (including phenoxy) is 1. The van der Waals surface area contributed by atoms with Crippen LogP contribution in [0.25, 0.3) is 11.1 Å². The zero-order chi connectivity index (χ0) is 31.2. The average molecular weight is 596 g/mol. The van der Waals surface area contributed by atoms with Gasteiger partial charge in [0.25, 0.3) is 0 Å². The minimum Gasteiger partial charge on any atom is -0.449 e. The van der Waals surface area contributed by atoms with E-state index >= 15 is 0 Å². The van der Waals surface area contributed by atoms with E-state index in [-0.39, 0.29) is 18.9 Å². The number of carbonyl (C=O) groups excluding carboxylic acids is 2. The van der Waals surface area contributed by atoms with Crippen LogP contribution in [0.3, 0.4) is 0 Å². The number of amides is 2. The molecule has 1 atom stereocenters. The SMILES string of the molecule is Cc1ccc(C(NCC[C@H](NC(=O)OCC2c3ccccc3-c3ccccc32)C(N)=O)(c2ccccc2)c2ccccc2)cc1. The number of rotatable bonds is 11. The second-order valence-electron chi connectivity index (χ2n) is 11.5. The molecule has 5 aromatic rings. The normalized spacial score (nSPS) is 13.0. The highest BCUT2D eigenvalue weighted by atomic mass is 16.5. The fourth-order valence-electron chi connectivity index (χ4n) is 6.46. The van der Waals surface area contributed by atoms with Gasteiger partial charge in [0, 0.05) is 5.92 Å². The van der Waals surface area contributed by atoms with Crippen LogP contribution >= 0.6 is 0 Å². The number of hydrogen-bond acceptors (Lipinski definition) is 4. The summed E-state index contributed by atoms with van der Waals surface area (Å²) in [5.74, 6) is -0.700. The van der Waals surface area contributed by atoms with Crippen LogP contribution in [0, 0.1) is 6.92 Å². The van der Waals surface area contributed by atoms with Gasteiger partial charge in [0.05, 0.1) is 5.54 Å². The van der Waals surface area contributed by atoms with Gasteiger partial charge in [-0.2, -0.15) is 0 Å². The van der Waals surface area contributed by atoms with Gasteiger partial charge in [0.1, 0.15) is 12.6 Å². The number of nitrogens with one attached hydrogen (secondary N) is 2. The van der Waals surface area contributed by atoms with Gasteiger partial charge >= 0.3 is 6.09 Å². The summed E-state index contributed by atoms with van der Waals surface area (Å²) < 4.78 is 5.71. The van der Waals surface area contributed by atoms with Gasteiger partial charge in [-0.1, -0.05) is 139 Å². The van der Waals surface area contributed by atoms with Gasteiger partial charge in [-0.15, -0.1) is 0 Å². The number of benzene rings is 5. The Bertz CT molecular complexity index is 1690. The minimum atomic E-state index is -0.921. The summed E-state index contributed by atoms with van der Waals surface area (Å²) in [4.78, 5) is 25.6. The smallest absolute Gasteiger partial charge is 0.407 e. The Hall–Kier alpha value is -5.20. The summed E-state index contributed by atoms with van der Waals surface area (Å²) in [6, 6.07) is 44.3. The Morgan fingerprint density at radius 2 is 1.20 bits per heavy atom. The molecule has 0 fully saturated rings. The maximum Gasteiger partial charge on any atom is 0.407 e. The topological polar surface area (TPSA) is 93.4 Å².